The van der Waals surface area contributed by atoms with Gasteiger partial charge in [0.2, 0.25) is 0 Å². The van der Waals surface area contributed by atoms with Crippen LogP contribution in [0.4, 0.5) is 0 Å². The van der Waals surface area contributed by atoms with Crippen molar-refractivity contribution in [3.05, 3.63) is 29.8 Å². The molecule has 0 saturated heterocycles. The van der Waals surface area contributed by atoms with E-state index in [1.807, 2.05) is 0 Å². The molecule has 0 aromatic heterocycles. The summed E-state index contributed by atoms with van der Waals surface area (Å²) in [4.78, 5) is 0. The number of benzene rings is 1. The topological polar surface area (TPSA) is 49.7 Å². The van der Waals surface area contributed by atoms with Crippen molar-refractivity contribution in [3.8, 4) is 11.5 Å². The number of phenolic OH excluding ortho intramolecular Hbond substituents is 1. The molecule has 1 aromatic rings. The Hall–Kier alpha value is -0.750. The van der Waals surface area contributed by atoms with Gasteiger partial charge in [0.25, 0.3) is 0 Å². The molecule has 0 fully saturated rings. The van der Waals surface area contributed by atoms with Crippen molar-refractivity contribution in [1.82, 2.24) is 0 Å². The Balaban J connectivity index is 2.88. The second-order valence-corrected chi connectivity index (χ2v) is 3.19. The second-order valence-electron chi connectivity index (χ2n) is 2.57. The van der Waals surface area contributed by atoms with Crippen molar-refractivity contribution < 1.29 is 14.9 Å². The Kier molecular flexibility index (Phi) is 4.75. The van der Waals surface area contributed by atoms with Crippen LogP contribution in [0, 0.1) is 0 Å². The van der Waals surface area contributed by atoms with Crippen LogP contribution >= 0.6 is 22.6 Å². The number of phenols is 1. The maximum atomic E-state index is 9.39. The Morgan fingerprint density at radius 2 is 2.21 bits per heavy atom. The van der Waals surface area contributed by atoms with Gasteiger partial charge >= 0.3 is 0 Å². The minimum Gasteiger partial charge on any atom is -0.504 e. The van der Waals surface area contributed by atoms with Gasteiger partial charge < -0.3 is 14.9 Å². The normalized spacial score (nSPS) is 10.7. The summed E-state index contributed by atoms with van der Waals surface area (Å²) in [6.07, 6.45) is 3.39. The van der Waals surface area contributed by atoms with Crippen LogP contribution in [0.25, 0.3) is 6.08 Å². The lowest BCUT2D eigenvalue weighted by Crippen LogP contribution is -1.89. The van der Waals surface area contributed by atoms with Crippen LogP contribution in [-0.2, 0) is 0 Å². The molecule has 1 aromatic carbocycles. The van der Waals surface area contributed by atoms with Crippen LogP contribution in [0.3, 0.4) is 0 Å². The molecule has 0 unspecified atom stereocenters. The van der Waals surface area contributed by atoms with Crippen molar-refractivity contribution >= 4 is 28.7 Å². The molecule has 2 N–H and O–H groups in total. The summed E-state index contributed by atoms with van der Waals surface area (Å²) >= 11 is 2.06. The molecule has 0 aliphatic carbocycles. The Morgan fingerprint density at radius 1 is 1.43 bits per heavy atom. The van der Waals surface area contributed by atoms with E-state index in [4.69, 9.17) is 9.84 Å². The van der Waals surface area contributed by atoms with Crippen LogP contribution in [0.2, 0.25) is 0 Å². The molecule has 0 heterocycles. The summed E-state index contributed by atoms with van der Waals surface area (Å²) in [6.45, 7) is 0.00332. The van der Waals surface area contributed by atoms with Crippen LogP contribution < -0.4 is 4.74 Å². The number of halogens is 1. The zero-order chi connectivity index (χ0) is 10.4. The number of aliphatic hydroxyl groups is 1. The number of ether oxygens (including phenoxy) is 1. The van der Waals surface area contributed by atoms with Gasteiger partial charge in [-0.1, -0.05) is 18.2 Å². The molecule has 0 bridgehead atoms. The van der Waals surface area contributed by atoms with Crippen LogP contribution in [-0.4, -0.2) is 21.4 Å². The Bertz CT molecular complexity index is 323. The molecule has 1 rings (SSSR count). The number of aliphatic hydroxyl groups excluding tert-OH is 1. The van der Waals surface area contributed by atoms with E-state index in [0.717, 1.165) is 5.56 Å². The van der Waals surface area contributed by atoms with E-state index in [1.54, 1.807) is 30.4 Å². The van der Waals surface area contributed by atoms with Gasteiger partial charge in [-0.3, -0.25) is 0 Å². The third-order valence-electron chi connectivity index (χ3n) is 1.61. The average molecular weight is 306 g/mol. The molecule has 4 heteroatoms. The Morgan fingerprint density at radius 3 is 2.86 bits per heavy atom. The Labute approximate surface area is 96.2 Å². The van der Waals surface area contributed by atoms with E-state index in [-0.39, 0.29) is 12.4 Å². The van der Waals surface area contributed by atoms with Crippen molar-refractivity contribution in [3.63, 3.8) is 0 Å². The summed E-state index contributed by atoms with van der Waals surface area (Å²) in [6, 6.07) is 5.04. The minimum absolute atomic E-state index is 0.00332. The highest BCUT2D eigenvalue weighted by atomic mass is 127. The quantitative estimate of drug-likeness (QED) is 0.662. The first-order chi connectivity index (χ1) is 6.77. The van der Waals surface area contributed by atoms with Crippen molar-refractivity contribution in [2.24, 2.45) is 0 Å². The fourth-order valence-electron chi connectivity index (χ4n) is 0.998. The molecule has 0 amide bonds. The number of hydrogen-bond donors (Lipinski definition) is 2. The molecular weight excluding hydrogens is 295 g/mol. The van der Waals surface area contributed by atoms with Gasteiger partial charge in [0.1, 0.15) is 4.61 Å². The number of hydrogen-bond acceptors (Lipinski definition) is 3. The fraction of sp³-hybridized carbons (Fsp3) is 0.200. The molecule has 76 valence electrons. The van der Waals surface area contributed by atoms with Crippen LogP contribution in [0.15, 0.2) is 24.3 Å². The van der Waals surface area contributed by atoms with Gasteiger partial charge in [0, 0.05) is 0 Å². The highest BCUT2D eigenvalue weighted by Crippen LogP contribution is 2.27. The first-order valence-corrected chi connectivity index (χ1v) is 5.59. The third-order valence-corrected chi connectivity index (χ3v) is 1.92. The van der Waals surface area contributed by atoms with E-state index >= 15 is 0 Å². The number of alkyl halides is 1. The standard InChI is InChI=1S/C10H11IO3/c11-7-14-10-6-8(2-1-5-12)3-4-9(10)13/h1-4,6,12-13H,5,7H2/b2-1+. The van der Waals surface area contributed by atoms with Gasteiger partial charge in [-0.25, -0.2) is 0 Å². The largest absolute Gasteiger partial charge is 0.504 e. The van der Waals surface area contributed by atoms with Gasteiger partial charge in [0.05, 0.1) is 6.61 Å². The zero-order valence-electron chi connectivity index (χ0n) is 7.48. The highest BCUT2D eigenvalue weighted by molar-refractivity contribution is 14.1. The van der Waals surface area contributed by atoms with E-state index < -0.39 is 0 Å². The minimum atomic E-state index is 0.00332. The molecule has 3 nitrogen and oxygen atoms in total. The van der Waals surface area contributed by atoms with E-state index in [9.17, 15) is 5.11 Å². The number of aromatic hydroxyl groups is 1. The summed E-state index contributed by atoms with van der Waals surface area (Å²) in [7, 11) is 0. The van der Waals surface area contributed by atoms with Gasteiger partial charge in [-0.15, -0.1) is 0 Å². The van der Waals surface area contributed by atoms with Crippen molar-refractivity contribution in [2.45, 2.75) is 0 Å². The lowest BCUT2D eigenvalue weighted by molar-refractivity contribution is 0.343. The van der Waals surface area contributed by atoms with E-state index in [1.165, 1.54) is 0 Å². The fourth-order valence-corrected chi connectivity index (χ4v) is 1.33. The average Bonchev–Trinajstić information content (AvgIpc) is 2.19. The van der Waals surface area contributed by atoms with Crippen molar-refractivity contribution in [2.75, 3.05) is 11.2 Å². The third kappa shape index (κ3) is 3.19. The van der Waals surface area contributed by atoms with E-state index in [2.05, 4.69) is 22.6 Å². The predicted molar refractivity (Wildman–Crippen MR) is 63.7 cm³/mol. The van der Waals surface area contributed by atoms with Crippen molar-refractivity contribution in [1.29, 1.82) is 0 Å². The highest BCUT2D eigenvalue weighted by Gasteiger charge is 2.01. The van der Waals surface area contributed by atoms with Crippen LogP contribution in [0.5, 0.6) is 11.5 Å². The van der Waals surface area contributed by atoms with Gasteiger partial charge in [0.15, 0.2) is 11.5 Å². The van der Waals surface area contributed by atoms with Crippen LogP contribution in [0.1, 0.15) is 5.56 Å². The molecule has 0 radical (unpaired) electrons. The number of rotatable bonds is 4. The SMILES string of the molecule is OC/C=C/c1ccc(O)c(OCI)c1. The zero-order valence-corrected chi connectivity index (χ0v) is 9.64. The summed E-state index contributed by atoms with van der Waals surface area (Å²) in [5, 5.41) is 18.0. The summed E-state index contributed by atoms with van der Waals surface area (Å²) in [5.41, 5.74) is 0.886. The molecule has 0 spiro atoms. The molecule has 0 aliphatic rings. The molecular formula is C10H11IO3. The second kappa shape index (κ2) is 5.87. The lowest BCUT2D eigenvalue weighted by atomic mass is 10.2. The molecule has 0 aliphatic heterocycles. The lowest BCUT2D eigenvalue weighted by Gasteiger charge is -2.05. The van der Waals surface area contributed by atoms with Gasteiger partial charge in [-0.05, 0) is 40.3 Å². The molecule has 14 heavy (non-hydrogen) atoms. The predicted octanol–water partition coefficient (Wildman–Crippen LogP) is 2.17. The van der Waals surface area contributed by atoms with E-state index in [0.29, 0.717) is 10.4 Å². The van der Waals surface area contributed by atoms with Gasteiger partial charge in [-0.2, -0.15) is 0 Å². The maximum absolute atomic E-state index is 9.39. The summed E-state index contributed by atoms with van der Waals surface area (Å²) < 4.78 is 5.68. The monoisotopic (exact) mass is 306 g/mol. The first-order valence-electron chi connectivity index (χ1n) is 4.07. The maximum Gasteiger partial charge on any atom is 0.162 e. The smallest absolute Gasteiger partial charge is 0.162 e. The summed E-state index contributed by atoms with van der Waals surface area (Å²) in [5.74, 6) is 0.585. The first kappa shape index (κ1) is 11.3. The molecule has 0 atom stereocenters. The molecule has 0 saturated carbocycles.